The first-order chi connectivity index (χ1) is 30.4. The van der Waals surface area contributed by atoms with Crippen LogP contribution in [-0.4, -0.2) is 49.9 Å². The van der Waals surface area contributed by atoms with Crippen LogP contribution in [0.2, 0.25) is 0 Å². The van der Waals surface area contributed by atoms with Gasteiger partial charge in [0.1, 0.15) is 6.10 Å². The molecule has 0 amide bonds. The van der Waals surface area contributed by atoms with Crippen molar-refractivity contribution in [2.45, 2.75) is 251 Å². The average molecular weight is 894 g/mol. The van der Waals surface area contributed by atoms with Crippen LogP contribution in [0.15, 0.2) is 48.6 Å². The van der Waals surface area contributed by atoms with Crippen molar-refractivity contribution in [1.29, 1.82) is 0 Å². The summed E-state index contributed by atoms with van der Waals surface area (Å²) in [5.41, 5.74) is 5.39. The Bertz CT molecular complexity index is 1090. The topological polar surface area (TPSA) is 117 Å². The first-order valence-corrected chi connectivity index (χ1v) is 27.6. The number of hydrogen-bond donors (Lipinski definition) is 2. The Labute approximate surface area is 383 Å². The van der Waals surface area contributed by atoms with Crippen molar-refractivity contribution in [3.05, 3.63) is 48.6 Å². The molecule has 0 aromatic carbocycles. The molecule has 0 aromatic heterocycles. The maximum Gasteiger partial charge on any atom is 0.472 e. The first kappa shape index (κ1) is 60.5. The summed E-state index contributed by atoms with van der Waals surface area (Å²) < 4.78 is 33.6. The van der Waals surface area contributed by atoms with E-state index in [9.17, 15) is 14.3 Å². The van der Waals surface area contributed by atoms with E-state index in [2.05, 4.69) is 62.5 Å². The second-order valence-electron chi connectivity index (χ2n) is 17.4. The molecule has 62 heavy (non-hydrogen) atoms. The predicted molar refractivity (Wildman–Crippen MR) is 266 cm³/mol. The van der Waals surface area contributed by atoms with Crippen molar-refractivity contribution in [2.24, 2.45) is 5.73 Å². The molecule has 0 aliphatic carbocycles. The van der Waals surface area contributed by atoms with E-state index >= 15 is 0 Å². The smallest absolute Gasteiger partial charge is 0.457 e. The number of rotatable bonds is 50. The highest BCUT2D eigenvalue weighted by Gasteiger charge is 2.25. The number of unbranched alkanes of at least 4 members (excludes halogenated alkanes) is 29. The fourth-order valence-electron chi connectivity index (χ4n) is 7.35. The largest absolute Gasteiger partial charge is 0.472 e. The van der Waals surface area contributed by atoms with Gasteiger partial charge in [0.05, 0.1) is 19.8 Å². The Morgan fingerprint density at radius 1 is 0.484 bits per heavy atom. The highest BCUT2D eigenvalue weighted by molar-refractivity contribution is 7.47. The third-order valence-electron chi connectivity index (χ3n) is 11.2. The monoisotopic (exact) mass is 894 g/mol. The van der Waals surface area contributed by atoms with Crippen molar-refractivity contribution in [1.82, 2.24) is 0 Å². The third kappa shape index (κ3) is 49.5. The number of ether oxygens (including phenoxy) is 2. The van der Waals surface area contributed by atoms with Gasteiger partial charge in [-0.05, 0) is 77.0 Å². The molecule has 0 spiro atoms. The molecule has 9 heteroatoms. The van der Waals surface area contributed by atoms with E-state index in [1.807, 2.05) is 0 Å². The lowest BCUT2D eigenvalue weighted by Gasteiger charge is -2.20. The van der Waals surface area contributed by atoms with Gasteiger partial charge in [-0.25, -0.2) is 4.57 Å². The fourth-order valence-corrected chi connectivity index (χ4v) is 8.12. The Hall–Kier alpha value is -1.54. The molecule has 2 unspecified atom stereocenters. The minimum Gasteiger partial charge on any atom is -0.457 e. The number of hydrogen-bond acceptors (Lipinski definition) is 7. The normalized spacial score (nSPS) is 13.7. The molecular weight excluding hydrogens is 794 g/mol. The molecule has 0 heterocycles. The third-order valence-corrected chi connectivity index (χ3v) is 12.2. The van der Waals surface area contributed by atoms with Gasteiger partial charge in [-0.2, -0.15) is 0 Å². The molecule has 0 saturated heterocycles. The summed E-state index contributed by atoms with van der Waals surface area (Å²) in [5.74, 6) is -0.333. The van der Waals surface area contributed by atoms with E-state index in [-0.39, 0.29) is 32.3 Å². The summed E-state index contributed by atoms with van der Waals surface area (Å²) >= 11 is 0. The van der Waals surface area contributed by atoms with Gasteiger partial charge in [-0.1, -0.05) is 210 Å². The van der Waals surface area contributed by atoms with Gasteiger partial charge < -0.3 is 20.1 Å². The standard InChI is InChI=1S/C53H100NO7P/c1-3-5-7-9-11-13-15-17-19-21-23-24-25-26-27-28-29-30-32-34-36-38-40-42-44-46-53(55)61-52(51-60-62(56,57)59-49-47-54)50-58-48-45-43-41-39-37-35-33-31-22-20-18-16-14-12-10-8-6-4-2/h15,17-18,20-21,23,25-26,52H,3-14,16,19,22,24,27-51,54H2,1-2H3,(H,56,57)/b17-15-,20-18-,23-21-,26-25-. The predicted octanol–water partition coefficient (Wildman–Crippen LogP) is 16.3. The van der Waals surface area contributed by atoms with Crippen LogP contribution in [-0.2, 0) is 27.9 Å². The fraction of sp³-hybridized carbons (Fsp3) is 0.830. The van der Waals surface area contributed by atoms with Gasteiger partial charge in [0.15, 0.2) is 0 Å². The first-order valence-electron chi connectivity index (χ1n) is 26.1. The molecule has 0 aliphatic heterocycles. The number of carbonyl (C=O) groups is 1. The Balaban J connectivity index is 3.94. The summed E-state index contributed by atoms with van der Waals surface area (Å²) in [7, 11) is -4.29. The summed E-state index contributed by atoms with van der Waals surface area (Å²) in [6.45, 7) is 4.93. The molecule has 0 aromatic rings. The molecule has 0 saturated carbocycles. The SMILES string of the molecule is CCCCCCC/C=C\C/C=C\C/C=C\CCCCCCCCCCCCC(=O)OC(COCCCCCCCCCC/C=C\CCCCCCCC)COP(=O)(O)OCCN. The summed E-state index contributed by atoms with van der Waals surface area (Å²) in [6.07, 6.45) is 61.4. The molecular formula is C53H100NO7P. The van der Waals surface area contributed by atoms with Crippen LogP contribution in [0.1, 0.15) is 245 Å². The number of phosphoric acid groups is 1. The zero-order chi connectivity index (χ0) is 45.1. The Kier molecular flexibility index (Phi) is 49.2. The van der Waals surface area contributed by atoms with Gasteiger partial charge in [0.2, 0.25) is 0 Å². The Morgan fingerprint density at radius 3 is 1.29 bits per heavy atom. The van der Waals surface area contributed by atoms with E-state index in [1.54, 1.807) is 0 Å². The molecule has 0 fully saturated rings. The van der Waals surface area contributed by atoms with Gasteiger partial charge in [-0.3, -0.25) is 13.8 Å². The molecule has 0 aliphatic rings. The summed E-state index contributed by atoms with van der Waals surface area (Å²) in [6, 6.07) is 0. The van der Waals surface area contributed by atoms with E-state index < -0.39 is 13.9 Å². The van der Waals surface area contributed by atoms with Crippen LogP contribution in [0.5, 0.6) is 0 Å². The van der Waals surface area contributed by atoms with Crippen molar-refractivity contribution in [2.75, 3.05) is 33.0 Å². The average Bonchev–Trinajstić information content (AvgIpc) is 3.26. The highest BCUT2D eigenvalue weighted by atomic mass is 31.2. The zero-order valence-corrected chi connectivity index (χ0v) is 41.5. The van der Waals surface area contributed by atoms with Crippen LogP contribution < -0.4 is 5.73 Å². The molecule has 2 atom stereocenters. The van der Waals surface area contributed by atoms with Gasteiger partial charge in [0, 0.05) is 19.6 Å². The van der Waals surface area contributed by atoms with Crippen molar-refractivity contribution >= 4 is 13.8 Å². The maximum absolute atomic E-state index is 12.7. The van der Waals surface area contributed by atoms with E-state index in [4.69, 9.17) is 24.3 Å². The number of allylic oxidation sites excluding steroid dienone is 8. The number of carbonyl (C=O) groups excluding carboxylic acids is 1. The van der Waals surface area contributed by atoms with Gasteiger partial charge in [0.25, 0.3) is 0 Å². The van der Waals surface area contributed by atoms with Crippen LogP contribution in [0.4, 0.5) is 0 Å². The summed E-state index contributed by atoms with van der Waals surface area (Å²) in [5, 5.41) is 0. The van der Waals surface area contributed by atoms with Gasteiger partial charge in [-0.15, -0.1) is 0 Å². The van der Waals surface area contributed by atoms with Crippen LogP contribution in [0.25, 0.3) is 0 Å². The minimum absolute atomic E-state index is 0.0974. The lowest BCUT2D eigenvalue weighted by atomic mass is 10.0. The number of esters is 1. The highest BCUT2D eigenvalue weighted by Crippen LogP contribution is 2.43. The van der Waals surface area contributed by atoms with Crippen molar-refractivity contribution < 1.29 is 32.8 Å². The quantitative estimate of drug-likeness (QED) is 0.0268. The number of nitrogens with two attached hydrogens (primary N) is 1. The second-order valence-corrected chi connectivity index (χ2v) is 18.8. The van der Waals surface area contributed by atoms with Crippen LogP contribution >= 0.6 is 7.82 Å². The van der Waals surface area contributed by atoms with E-state index in [0.29, 0.717) is 13.0 Å². The molecule has 0 radical (unpaired) electrons. The molecule has 8 nitrogen and oxygen atoms in total. The zero-order valence-electron chi connectivity index (χ0n) is 40.6. The maximum atomic E-state index is 12.7. The van der Waals surface area contributed by atoms with Crippen LogP contribution in [0.3, 0.4) is 0 Å². The van der Waals surface area contributed by atoms with Crippen molar-refractivity contribution in [3.8, 4) is 0 Å². The van der Waals surface area contributed by atoms with E-state index in [0.717, 1.165) is 44.9 Å². The molecule has 0 rings (SSSR count). The number of phosphoric ester groups is 1. The molecule has 3 N–H and O–H groups in total. The molecule has 364 valence electrons. The van der Waals surface area contributed by atoms with Gasteiger partial charge >= 0.3 is 13.8 Å². The van der Waals surface area contributed by atoms with Crippen molar-refractivity contribution in [3.63, 3.8) is 0 Å². The lowest BCUT2D eigenvalue weighted by molar-refractivity contribution is -0.154. The second kappa shape index (κ2) is 50.5. The minimum atomic E-state index is -4.29. The lowest BCUT2D eigenvalue weighted by Crippen LogP contribution is -2.28. The van der Waals surface area contributed by atoms with E-state index in [1.165, 1.54) is 180 Å². The molecule has 0 bridgehead atoms. The van der Waals surface area contributed by atoms with Crippen LogP contribution in [0, 0.1) is 0 Å². The summed E-state index contributed by atoms with van der Waals surface area (Å²) in [4.78, 5) is 22.6. The Morgan fingerprint density at radius 2 is 0.855 bits per heavy atom.